The van der Waals surface area contributed by atoms with Gasteiger partial charge in [0.25, 0.3) is 0 Å². The van der Waals surface area contributed by atoms with E-state index in [4.69, 9.17) is 10.00 Å². The highest BCUT2D eigenvalue weighted by Crippen LogP contribution is 2.38. The lowest BCUT2D eigenvalue weighted by atomic mass is 10.2. The van der Waals surface area contributed by atoms with Crippen molar-refractivity contribution in [2.24, 2.45) is 0 Å². The standard InChI is InChI=1S/C13H6BrFN2O3/c14-10-2-1-3-11(17(18)19)13(10)20-12-5-4-9(15)6-8(12)7-16/h1-6H. The maximum atomic E-state index is 13.0. The number of hydrogen-bond acceptors (Lipinski definition) is 4. The Morgan fingerprint density at radius 1 is 1.35 bits per heavy atom. The van der Waals surface area contributed by atoms with E-state index in [1.807, 2.05) is 0 Å². The molecule has 0 unspecified atom stereocenters. The third-order valence-electron chi connectivity index (χ3n) is 2.42. The molecule has 5 nitrogen and oxygen atoms in total. The van der Waals surface area contributed by atoms with Gasteiger partial charge in [-0.2, -0.15) is 5.26 Å². The highest BCUT2D eigenvalue weighted by Gasteiger charge is 2.20. The molecule has 0 aliphatic rings. The molecule has 0 bridgehead atoms. The van der Waals surface area contributed by atoms with Crippen LogP contribution in [0, 0.1) is 27.3 Å². The van der Waals surface area contributed by atoms with Crippen LogP contribution in [0.25, 0.3) is 0 Å². The Bertz CT molecular complexity index is 728. The van der Waals surface area contributed by atoms with Crippen molar-refractivity contribution >= 4 is 21.6 Å². The molecule has 20 heavy (non-hydrogen) atoms. The number of benzene rings is 2. The Morgan fingerprint density at radius 3 is 2.75 bits per heavy atom. The number of hydrogen-bond donors (Lipinski definition) is 0. The van der Waals surface area contributed by atoms with Crippen molar-refractivity contribution in [2.75, 3.05) is 0 Å². The van der Waals surface area contributed by atoms with Crippen LogP contribution in [0.15, 0.2) is 40.9 Å². The van der Waals surface area contributed by atoms with Crippen molar-refractivity contribution in [2.45, 2.75) is 0 Å². The van der Waals surface area contributed by atoms with Crippen LogP contribution in [0.2, 0.25) is 0 Å². The van der Waals surface area contributed by atoms with Gasteiger partial charge in [0.05, 0.1) is 15.0 Å². The van der Waals surface area contributed by atoms with Gasteiger partial charge in [0.15, 0.2) is 0 Å². The smallest absolute Gasteiger partial charge is 0.312 e. The van der Waals surface area contributed by atoms with Crippen molar-refractivity contribution in [3.8, 4) is 17.6 Å². The highest BCUT2D eigenvalue weighted by molar-refractivity contribution is 9.10. The molecular weight excluding hydrogens is 331 g/mol. The molecule has 0 atom stereocenters. The molecule has 100 valence electrons. The summed E-state index contributed by atoms with van der Waals surface area (Å²) in [7, 11) is 0. The lowest BCUT2D eigenvalue weighted by Gasteiger charge is -2.09. The van der Waals surface area contributed by atoms with Crippen LogP contribution >= 0.6 is 15.9 Å². The molecule has 0 fully saturated rings. The molecule has 0 heterocycles. The fourth-order valence-corrected chi connectivity index (χ4v) is 1.97. The number of rotatable bonds is 3. The zero-order valence-electron chi connectivity index (χ0n) is 9.84. The maximum Gasteiger partial charge on any atom is 0.312 e. The van der Waals surface area contributed by atoms with Crippen LogP contribution in [0.5, 0.6) is 11.5 Å². The minimum Gasteiger partial charge on any atom is -0.448 e. The van der Waals surface area contributed by atoms with Crippen molar-refractivity contribution < 1.29 is 14.1 Å². The maximum absolute atomic E-state index is 13.0. The summed E-state index contributed by atoms with van der Waals surface area (Å²) in [6, 6.07) is 9.46. The number of nitriles is 1. The van der Waals surface area contributed by atoms with Gasteiger partial charge in [0, 0.05) is 6.07 Å². The Labute approximate surface area is 121 Å². The van der Waals surface area contributed by atoms with Gasteiger partial charge in [-0.25, -0.2) is 4.39 Å². The van der Waals surface area contributed by atoms with Crippen molar-refractivity contribution in [1.29, 1.82) is 5.26 Å². The molecule has 0 aliphatic heterocycles. The Balaban J connectivity index is 2.51. The van der Waals surface area contributed by atoms with Crippen molar-refractivity contribution in [3.05, 3.63) is 62.4 Å². The van der Waals surface area contributed by atoms with Crippen molar-refractivity contribution in [1.82, 2.24) is 0 Å². The Morgan fingerprint density at radius 2 is 2.10 bits per heavy atom. The first-order chi connectivity index (χ1) is 9.52. The van der Waals surface area contributed by atoms with E-state index in [2.05, 4.69) is 15.9 Å². The molecule has 0 saturated heterocycles. The summed E-state index contributed by atoms with van der Waals surface area (Å²) in [4.78, 5) is 10.4. The molecule has 7 heteroatoms. The molecule has 2 aromatic carbocycles. The van der Waals surface area contributed by atoms with E-state index in [-0.39, 0.29) is 22.7 Å². The second kappa shape index (κ2) is 5.67. The van der Waals surface area contributed by atoms with Crippen LogP contribution in [0.4, 0.5) is 10.1 Å². The lowest BCUT2D eigenvalue weighted by Crippen LogP contribution is -1.96. The van der Waals surface area contributed by atoms with Gasteiger partial charge >= 0.3 is 5.69 Å². The van der Waals surface area contributed by atoms with Crippen LogP contribution in [-0.2, 0) is 0 Å². The molecule has 2 aromatic rings. The van der Waals surface area contributed by atoms with Gasteiger partial charge in [0.1, 0.15) is 17.6 Å². The van der Waals surface area contributed by atoms with Gasteiger partial charge in [-0.1, -0.05) is 6.07 Å². The number of para-hydroxylation sites is 1. The molecule has 0 amide bonds. The third kappa shape index (κ3) is 2.75. The second-order valence-electron chi connectivity index (χ2n) is 3.70. The summed E-state index contributed by atoms with van der Waals surface area (Å²) in [6.45, 7) is 0. The summed E-state index contributed by atoms with van der Waals surface area (Å²) in [6.07, 6.45) is 0. The average molecular weight is 337 g/mol. The predicted molar refractivity (Wildman–Crippen MR) is 72.0 cm³/mol. The molecule has 0 spiro atoms. The van der Waals surface area contributed by atoms with E-state index < -0.39 is 10.7 Å². The number of halogens is 2. The predicted octanol–water partition coefficient (Wildman–Crippen LogP) is 4.16. The summed E-state index contributed by atoms with van der Waals surface area (Å²) in [5.74, 6) is -0.583. The SMILES string of the molecule is N#Cc1cc(F)ccc1Oc1c(Br)cccc1[N+](=O)[O-]. The largest absolute Gasteiger partial charge is 0.448 e. The number of nitro benzene ring substituents is 1. The summed E-state index contributed by atoms with van der Waals surface area (Å²) < 4.78 is 18.8. The molecule has 0 radical (unpaired) electrons. The van der Waals surface area contributed by atoms with Gasteiger partial charge < -0.3 is 4.74 Å². The Hall–Kier alpha value is -2.46. The van der Waals surface area contributed by atoms with Crippen LogP contribution in [0.3, 0.4) is 0 Å². The van der Waals surface area contributed by atoms with E-state index in [1.54, 1.807) is 12.1 Å². The monoisotopic (exact) mass is 336 g/mol. The van der Waals surface area contributed by atoms with E-state index in [0.717, 1.165) is 12.1 Å². The Kier molecular flexibility index (Phi) is 3.96. The number of nitro groups is 1. The first kappa shape index (κ1) is 14.0. The topological polar surface area (TPSA) is 76.2 Å². The van der Waals surface area contributed by atoms with Gasteiger partial charge in [-0.3, -0.25) is 10.1 Å². The average Bonchev–Trinajstić information content (AvgIpc) is 2.42. The first-order valence-corrected chi connectivity index (χ1v) is 6.12. The zero-order chi connectivity index (χ0) is 14.7. The molecule has 0 aromatic heterocycles. The minimum absolute atomic E-state index is 0.0411. The van der Waals surface area contributed by atoms with Crippen LogP contribution in [0.1, 0.15) is 5.56 Å². The molecular formula is C13H6BrFN2O3. The van der Waals surface area contributed by atoms with E-state index in [0.29, 0.717) is 4.47 Å². The van der Waals surface area contributed by atoms with E-state index >= 15 is 0 Å². The van der Waals surface area contributed by atoms with E-state index in [9.17, 15) is 14.5 Å². The molecule has 2 rings (SSSR count). The minimum atomic E-state index is -0.602. The lowest BCUT2D eigenvalue weighted by molar-refractivity contribution is -0.385. The van der Waals surface area contributed by atoms with Gasteiger partial charge in [-0.15, -0.1) is 0 Å². The summed E-state index contributed by atoms with van der Waals surface area (Å²) >= 11 is 3.15. The number of ether oxygens (including phenoxy) is 1. The van der Waals surface area contributed by atoms with E-state index in [1.165, 1.54) is 18.2 Å². The quantitative estimate of drug-likeness (QED) is 0.622. The third-order valence-corrected chi connectivity index (χ3v) is 3.04. The van der Waals surface area contributed by atoms with Crippen LogP contribution in [-0.4, -0.2) is 4.92 Å². The number of nitrogens with zero attached hydrogens (tertiary/aromatic N) is 2. The van der Waals surface area contributed by atoms with Gasteiger partial charge in [0.2, 0.25) is 5.75 Å². The summed E-state index contributed by atoms with van der Waals surface area (Å²) in [5.41, 5.74) is -0.303. The van der Waals surface area contributed by atoms with Gasteiger partial charge in [-0.05, 0) is 40.2 Å². The molecule has 0 N–H and O–H groups in total. The summed E-state index contributed by atoms with van der Waals surface area (Å²) in [5, 5.41) is 19.9. The molecule has 0 saturated carbocycles. The fourth-order valence-electron chi connectivity index (χ4n) is 1.53. The van der Waals surface area contributed by atoms with Crippen molar-refractivity contribution in [3.63, 3.8) is 0 Å². The fraction of sp³-hybridized carbons (Fsp3) is 0. The highest BCUT2D eigenvalue weighted by atomic mass is 79.9. The zero-order valence-corrected chi connectivity index (χ0v) is 11.4. The molecule has 0 aliphatic carbocycles. The first-order valence-electron chi connectivity index (χ1n) is 5.33. The second-order valence-corrected chi connectivity index (χ2v) is 4.55. The van der Waals surface area contributed by atoms with Crippen LogP contribution < -0.4 is 4.74 Å². The normalized spacial score (nSPS) is 9.85.